The quantitative estimate of drug-likeness (QED) is 0.368. The Morgan fingerprint density at radius 3 is 2.57 bits per heavy atom. The van der Waals surface area contributed by atoms with Gasteiger partial charge >= 0.3 is 11.9 Å². The van der Waals surface area contributed by atoms with Crippen LogP contribution in [0.5, 0.6) is 0 Å². The van der Waals surface area contributed by atoms with E-state index in [0.29, 0.717) is 6.61 Å². The van der Waals surface area contributed by atoms with E-state index in [9.17, 15) is 9.59 Å². The molecule has 0 aromatic rings. The van der Waals surface area contributed by atoms with Crippen LogP contribution in [0.15, 0.2) is 12.7 Å². The smallest absolute Gasteiger partial charge is 0.306 e. The maximum atomic E-state index is 10.9. The van der Waals surface area contributed by atoms with Crippen molar-refractivity contribution in [2.75, 3.05) is 6.61 Å². The number of unbranched alkanes of at least 4 members (excludes halogenated alkanes) is 2. The molecule has 14 heavy (non-hydrogen) atoms. The molecular formula is C10H16O4. The highest BCUT2D eigenvalue weighted by molar-refractivity contribution is 5.76. The topological polar surface area (TPSA) is 63.6 Å². The van der Waals surface area contributed by atoms with Gasteiger partial charge < -0.3 is 9.84 Å². The van der Waals surface area contributed by atoms with Crippen molar-refractivity contribution < 1.29 is 19.4 Å². The van der Waals surface area contributed by atoms with Crippen molar-refractivity contribution in [2.45, 2.75) is 32.1 Å². The van der Waals surface area contributed by atoms with E-state index in [1.54, 1.807) is 0 Å². The molecule has 0 bridgehead atoms. The Bertz CT molecular complexity index is 198. The summed E-state index contributed by atoms with van der Waals surface area (Å²) < 4.78 is 4.80. The lowest BCUT2D eigenvalue weighted by Gasteiger charge is -2.02. The minimum Gasteiger partial charge on any atom is -0.481 e. The molecule has 0 aliphatic carbocycles. The van der Waals surface area contributed by atoms with Crippen molar-refractivity contribution in [1.82, 2.24) is 0 Å². The van der Waals surface area contributed by atoms with Crippen LogP contribution < -0.4 is 0 Å². The molecule has 0 radical (unpaired) electrons. The second kappa shape index (κ2) is 8.29. The lowest BCUT2D eigenvalue weighted by Crippen LogP contribution is -2.08. The average Bonchev–Trinajstić information content (AvgIpc) is 2.14. The molecular weight excluding hydrogens is 184 g/mol. The molecule has 0 aromatic carbocycles. The summed E-state index contributed by atoms with van der Waals surface area (Å²) in [6.45, 7) is 3.94. The Kier molecular flexibility index (Phi) is 7.50. The molecule has 0 saturated heterocycles. The van der Waals surface area contributed by atoms with Gasteiger partial charge in [0.2, 0.25) is 0 Å². The molecule has 80 valence electrons. The zero-order chi connectivity index (χ0) is 10.8. The van der Waals surface area contributed by atoms with Crippen LogP contribution in [0.2, 0.25) is 0 Å². The van der Waals surface area contributed by atoms with Crippen molar-refractivity contribution in [3.05, 3.63) is 12.7 Å². The zero-order valence-electron chi connectivity index (χ0n) is 8.20. The van der Waals surface area contributed by atoms with Gasteiger partial charge in [-0.15, -0.1) is 6.58 Å². The fourth-order valence-corrected chi connectivity index (χ4v) is 0.858. The van der Waals surface area contributed by atoms with Gasteiger partial charge in [0.15, 0.2) is 0 Å². The number of aliphatic carboxylic acids is 1. The summed E-state index contributed by atoms with van der Waals surface area (Å²) in [5.41, 5.74) is 0. The molecule has 0 heterocycles. The van der Waals surface area contributed by atoms with Gasteiger partial charge in [-0.1, -0.05) is 6.08 Å². The number of allylic oxidation sites excluding steroid dienone is 1. The van der Waals surface area contributed by atoms with Crippen molar-refractivity contribution in [1.29, 1.82) is 0 Å². The fraction of sp³-hybridized carbons (Fsp3) is 0.600. The van der Waals surface area contributed by atoms with Gasteiger partial charge in [0.25, 0.3) is 0 Å². The third kappa shape index (κ3) is 8.77. The van der Waals surface area contributed by atoms with Crippen LogP contribution in [0.3, 0.4) is 0 Å². The third-order valence-electron chi connectivity index (χ3n) is 1.61. The third-order valence-corrected chi connectivity index (χ3v) is 1.61. The Morgan fingerprint density at radius 1 is 1.29 bits per heavy atom. The van der Waals surface area contributed by atoms with Crippen molar-refractivity contribution in [3.8, 4) is 0 Å². The molecule has 0 fully saturated rings. The second-order valence-corrected chi connectivity index (χ2v) is 2.90. The standard InChI is InChI=1S/C10H16O4/c1-2-3-4-5-8-14-10(13)7-6-9(11)12/h2H,1,3-8H2,(H,11,12). The molecule has 0 spiro atoms. The van der Waals surface area contributed by atoms with Crippen LogP contribution in [-0.2, 0) is 14.3 Å². The van der Waals surface area contributed by atoms with E-state index >= 15 is 0 Å². The first kappa shape index (κ1) is 12.7. The number of carboxylic acids is 1. The number of ether oxygens (including phenoxy) is 1. The number of hydrogen-bond acceptors (Lipinski definition) is 3. The van der Waals surface area contributed by atoms with Gasteiger partial charge in [0.1, 0.15) is 0 Å². The Labute approximate surface area is 83.6 Å². The average molecular weight is 200 g/mol. The normalized spacial score (nSPS) is 9.43. The number of rotatable bonds is 8. The largest absolute Gasteiger partial charge is 0.481 e. The van der Waals surface area contributed by atoms with E-state index in [2.05, 4.69) is 6.58 Å². The number of carbonyl (C=O) groups excluding carboxylic acids is 1. The maximum Gasteiger partial charge on any atom is 0.306 e. The van der Waals surface area contributed by atoms with Crippen molar-refractivity contribution in [3.63, 3.8) is 0 Å². The summed E-state index contributed by atoms with van der Waals surface area (Å²) in [4.78, 5) is 21.0. The summed E-state index contributed by atoms with van der Waals surface area (Å²) >= 11 is 0. The number of carboxylic acid groups (broad SMARTS) is 1. The van der Waals surface area contributed by atoms with Crippen molar-refractivity contribution in [2.24, 2.45) is 0 Å². The van der Waals surface area contributed by atoms with Crippen LogP contribution in [0.25, 0.3) is 0 Å². The molecule has 0 aromatic heterocycles. The van der Waals surface area contributed by atoms with Gasteiger partial charge in [-0.05, 0) is 19.3 Å². The fourth-order valence-electron chi connectivity index (χ4n) is 0.858. The Hall–Kier alpha value is -1.32. The number of esters is 1. The first-order valence-electron chi connectivity index (χ1n) is 4.65. The Morgan fingerprint density at radius 2 is 2.00 bits per heavy atom. The summed E-state index contributed by atoms with van der Waals surface area (Å²) in [6, 6.07) is 0. The summed E-state index contributed by atoms with van der Waals surface area (Å²) in [5, 5.41) is 8.29. The van der Waals surface area contributed by atoms with Gasteiger partial charge in [0, 0.05) is 0 Å². The van der Waals surface area contributed by atoms with E-state index < -0.39 is 11.9 Å². The van der Waals surface area contributed by atoms with E-state index in [1.165, 1.54) is 0 Å². The summed E-state index contributed by atoms with van der Waals surface area (Å²) in [5.74, 6) is -1.42. The van der Waals surface area contributed by atoms with E-state index in [0.717, 1.165) is 19.3 Å². The van der Waals surface area contributed by atoms with Gasteiger partial charge in [0.05, 0.1) is 19.4 Å². The predicted molar refractivity (Wildman–Crippen MR) is 51.9 cm³/mol. The van der Waals surface area contributed by atoms with E-state index in [4.69, 9.17) is 9.84 Å². The lowest BCUT2D eigenvalue weighted by molar-refractivity contribution is -0.147. The monoisotopic (exact) mass is 200 g/mol. The number of carbonyl (C=O) groups is 2. The summed E-state index contributed by atoms with van der Waals surface area (Å²) in [7, 11) is 0. The highest BCUT2D eigenvalue weighted by Crippen LogP contribution is 1.98. The second-order valence-electron chi connectivity index (χ2n) is 2.90. The van der Waals surface area contributed by atoms with E-state index in [-0.39, 0.29) is 12.8 Å². The molecule has 1 N–H and O–H groups in total. The molecule has 0 amide bonds. The highest BCUT2D eigenvalue weighted by Gasteiger charge is 2.05. The first-order valence-corrected chi connectivity index (χ1v) is 4.65. The summed E-state index contributed by atoms with van der Waals surface area (Å²) in [6.07, 6.45) is 4.25. The van der Waals surface area contributed by atoms with Gasteiger partial charge in [-0.3, -0.25) is 9.59 Å². The number of hydrogen-bond donors (Lipinski definition) is 1. The molecule has 0 aliphatic heterocycles. The van der Waals surface area contributed by atoms with Crippen LogP contribution in [0, 0.1) is 0 Å². The van der Waals surface area contributed by atoms with E-state index in [1.807, 2.05) is 6.08 Å². The molecule has 4 heteroatoms. The minimum atomic E-state index is -0.978. The molecule has 0 unspecified atom stereocenters. The Balaban J connectivity index is 3.26. The van der Waals surface area contributed by atoms with Crippen LogP contribution in [-0.4, -0.2) is 23.7 Å². The van der Waals surface area contributed by atoms with Crippen LogP contribution in [0.4, 0.5) is 0 Å². The molecule has 4 nitrogen and oxygen atoms in total. The highest BCUT2D eigenvalue weighted by atomic mass is 16.5. The predicted octanol–water partition coefficient (Wildman–Crippen LogP) is 1.75. The van der Waals surface area contributed by atoms with Crippen LogP contribution in [0.1, 0.15) is 32.1 Å². The SMILES string of the molecule is C=CCCCCOC(=O)CCC(=O)O. The van der Waals surface area contributed by atoms with Gasteiger partial charge in [-0.25, -0.2) is 0 Å². The molecule has 0 saturated carbocycles. The van der Waals surface area contributed by atoms with Crippen LogP contribution >= 0.6 is 0 Å². The lowest BCUT2D eigenvalue weighted by atomic mass is 10.2. The van der Waals surface area contributed by atoms with Crippen molar-refractivity contribution >= 4 is 11.9 Å². The van der Waals surface area contributed by atoms with Gasteiger partial charge in [-0.2, -0.15) is 0 Å². The zero-order valence-corrected chi connectivity index (χ0v) is 8.20. The molecule has 0 rings (SSSR count). The molecule has 0 aliphatic rings. The maximum absolute atomic E-state index is 10.9. The molecule has 0 atom stereocenters. The minimum absolute atomic E-state index is 0.0448. The first-order chi connectivity index (χ1) is 6.66.